The van der Waals surface area contributed by atoms with Gasteiger partial charge in [-0.1, -0.05) is 31.3 Å². The highest BCUT2D eigenvalue weighted by Crippen LogP contribution is 2.35. The fraction of sp³-hybridized carbons (Fsp3) is 0.543. The topological polar surface area (TPSA) is 90.2 Å². The monoisotopic (exact) mass is 653 g/mol. The molecule has 45 heavy (non-hydrogen) atoms. The number of rotatable bonds is 16. The number of oxime groups is 1. The van der Waals surface area contributed by atoms with Gasteiger partial charge < -0.3 is 14.1 Å². The Morgan fingerprint density at radius 3 is 2.33 bits per heavy atom. The van der Waals surface area contributed by atoms with E-state index in [1.54, 1.807) is 6.07 Å². The molecule has 1 fully saturated rings. The molecule has 0 atom stereocenters. The number of ketones is 2. The molecule has 1 saturated heterocycles. The van der Waals surface area contributed by atoms with E-state index in [0.717, 1.165) is 53.1 Å². The standard InChI is InChI=1S/C35H47N3O5S2/c1-5-7-8-9-12-31(39)43-36-29(11-10-19-44)33(40)24-13-14-30-27(21-24)28-22-25(20-26(23-45)32(28)38(30)6-2)34(41)35(3,4)37-15-17-42-18-16-37/h13-14,20-22,44-45H,5-12,15-19,23H2,1-4H3/b36-29+. The van der Waals surface area contributed by atoms with Crippen LogP contribution in [0.3, 0.4) is 0 Å². The Bertz CT molecular complexity index is 1560. The number of carbonyl (C=O) groups is 3. The minimum absolute atomic E-state index is 0.0386. The molecule has 4 rings (SSSR count). The number of aryl methyl sites for hydroxylation is 1. The minimum atomic E-state index is -0.707. The van der Waals surface area contributed by atoms with Gasteiger partial charge >= 0.3 is 5.97 Å². The zero-order chi connectivity index (χ0) is 32.6. The fourth-order valence-corrected chi connectivity index (χ4v) is 6.53. The second-order valence-corrected chi connectivity index (χ2v) is 12.9. The van der Waals surface area contributed by atoms with Gasteiger partial charge in [0, 0.05) is 59.2 Å². The summed E-state index contributed by atoms with van der Waals surface area (Å²) in [5.41, 5.74) is 3.50. The van der Waals surface area contributed by atoms with Crippen LogP contribution in [0.15, 0.2) is 35.5 Å². The summed E-state index contributed by atoms with van der Waals surface area (Å²) in [4.78, 5) is 47.5. The number of Topliss-reactive ketones (excluding diaryl/α,β-unsaturated/α-hetero) is 2. The smallest absolute Gasteiger partial charge is 0.335 e. The third-order valence-electron chi connectivity index (χ3n) is 8.73. The van der Waals surface area contributed by atoms with Crippen molar-refractivity contribution in [3.8, 4) is 0 Å². The van der Waals surface area contributed by atoms with Gasteiger partial charge in [0.25, 0.3) is 0 Å². The zero-order valence-corrected chi connectivity index (χ0v) is 28.9. The summed E-state index contributed by atoms with van der Waals surface area (Å²) in [6.07, 6.45) is 5.08. The molecule has 1 aromatic heterocycles. The third-order valence-corrected chi connectivity index (χ3v) is 9.39. The Morgan fingerprint density at radius 2 is 1.67 bits per heavy atom. The quantitative estimate of drug-likeness (QED) is 0.0421. The Balaban J connectivity index is 1.74. The first kappa shape index (κ1) is 35.2. The van der Waals surface area contributed by atoms with Gasteiger partial charge in [-0.3, -0.25) is 14.5 Å². The van der Waals surface area contributed by atoms with Gasteiger partial charge in [0.05, 0.1) is 24.3 Å². The van der Waals surface area contributed by atoms with Crippen LogP contribution in [0.5, 0.6) is 0 Å². The number of thiol groups is 2. The van der Waals surface area contributed by atoms with Crippen molar-refractivity contribution in [3.63, 3.8) is 0 Å². The lowest BCUT2D eigenvalue weighted by Gasteiger charge is -2.39. The van der Waals surface area contributed by atoms with Crippen LogP contribution in [0.25, 0.3) is 21.8 Å². The summed E-state index contributed by atoms with van der Waals surface area (Å²) in [6.45, 7) is 11.5. The largest absolute Gasteiger partial charge is 0.379 e. The number of benzene rings is 2. The lowest BCUT2D eigenvalue weighted by atomic mass is 9.89. The molecular weight excluding hydrogens is 607 g/mol. The first-order valence-corrected chi connectivity index (χ1v) is 17.4. The first-order chi connectivity index (χ1) is 21.7. The number of nitrogens with zero attached hydrogens (tertiary/aromatic N) is 3. The molecular formula is C35H47N3O5S2. The lowest BCUT2D eigenvalue weighted by molar-refractivity contribution is -0.143. The Labute approximate surface area is 277 Å². The van der Waals surface area contributed by atoms with Crippen LogP contribution in [-0.4, -0.2) is 70.3 Å². The molecule has 3 aromatic rings. The van der Waals surface area contributed by atoms with Gasteiger partial charge in [-0.15, -0.1) is 0 Å². The molecule has 0 spiro atoms. The maximum absolute atomic E-state index is 14.0. The normalized spacial score (nSPS) is 14.8. The molecule has 0 aliphatic carbocycles. The van der Waals surface area contributed by atoms with Crippen molar-refractivity contribution in [3.05, 3.63) is 47.0 Å². The van der Waals surface area contributed by atoms with E-state index >= 15 is 0 Å². The molecule has 1 aliphatic heterocycles. The van der Waals surface area contributed by atoms with Gasteiger partial charge in [0.2, 0.25) is 5.78 Å². The molecule has 244 valence electrons. The van der Waals surface area contributed by atoms with Crippen LogP contribution in [0.2, 0.25) is 0 Å². The van der Waals surface area contributed by atoms with Crippen molar-refractivity contribution < 1.29 is 24.0 Å². The average molecular weight is 654 g/mol. The second kappa shape index (κ2) is 16.3. The van der Waals surface area contributed by atoms with Crippen LogP contribution in [0.1, 0.15) is 98.9 Å². The van der Waals surface area contributed by atoms with Crippen LogP contribution >= 0.6 is 25.3 Å². The van der Waals surface area contributed by atoms with Crippen molar-refractivity contribution in [1.29, 1.82) is 0 Å². The number of aromatic nitrogens is 1. The van der Waals surface area contributed by atoms with Gasteiger partial charge in [0.15, 0.2) is 5.78 Å². The lowest BCUT2D eigenvalue weighted by Crippen LogP contribution is -2.54. The van der Waals surface area contributed by atoms with Crippen molar-refractivity contribution in [2.24, 2.45) is 5.16 Å². The number of fused-ring (bicyclic) bond motifs is 3. The summed E-state index contributed by atoms with van der Waals surface area (Å²) in [5.74, 6) is 0.355. The summed E-state index contributed by atoms with van der Waals surface area (Å²) < 4.78 is 7.74. The van der Waals surface area contributed by atoms with Gasteiger partial charge in [-0.05, 0) is 81.7 Å². The molecule has 0 saturated carbocycles. The summed E-state index contributed by atoms with van der Waals surface area (Å²) >= 11 is 8.97. The van der Waals surface area contributed by atoms with Crippen LogP contribution < -0.4 is 0 Å². The predicted octanol–water partition coefficient (Wildman–Crippen LogP) is 7.30. The van der Waals surface area contributed by atoms with E-state index in [1.807, 2.05) is 38.1 Å². The number of morpholine rings is 1. The maximum Gasteiger partial charge on any atom is 0.335 e. The van der Waals surface area contributed by atoms with E-state index in [2.05, 4.69) is 53.7 Å². The number of unbranched alkanes of at least 4 members (excludes halogenated alkanes) is 3. The molecule has 0 bridgehead atoms. The van der Waals surface area contributed by atoms with Gasteiger partial charge in [-0.2, -0.15) is 25.3 Å². The summed E-state index contributed by atoms with van der Waals surface area (Å²) in [5, 5.41) is 5.83. The summed E-state index contributed by atoms with van der Waals surface area (Å²) in [6, 6.07) is 9.55. The molecule has 10 heteroatoms. The predicted molar refractivity (Wildman–Crippen MR) is 188 cm³/mol. The Hall–Kier alpha value is -2.66. The molecule has 0 unspecified atom stereocenters. The van der Waals surface area contributed by atoms with E-state index in [-0.39, 0.29) is 23.7 Å². The Kier molecular flexibility index (Phi) is 12.7. The van der Waals surface area contributed by atoms with E-state index in [1.165, 1.54) is 0 Å². The van der Waals surface area contributed by atoms with Crippen molar-refractivity contribution in [1.82, 2.24) is 9.47 Å². The SMILES string of the molecule is CCCCCCC(=O)O/N=C(\CCCS)C(=O)c1ccc2c(c1)c1cc(C(=O)C(C)(C)N3CCOCC3)cc(CS)c1n2CC. The van der Waals surface area contributed by atoms with Crippen LogP contribution in [0.4, 0.5) is 0 Å². The number of carbonyl (C=O) groups excluding carboxylic acids is 3. The van der Waals surface area contributed by atoms with Crippen molar-refractivity contribution >= 4 is 70.3 Å². The first-order valence-electron chi connectivity index (χ1n) is 16.2. The molecule has 0 N–H and O–H groups in total. The highest BCUT2D eigenvalue weighted by Gasteiger charge is 2.36. The van der Waals surface area contributed by atoms with Crippen molar-refractivity contribution in [2.75, 3.05) is 32.1 Å². The van der Waals surface area contributed by atoms with Crippen LogP contribution in [-0.2, 0) is 26.7 Å². The number of hydrogen-bond acceptors (Lipinski definition) is 9. The number of ether oxygens (including phenoxy) is 1. The highest BCUT2D eigenvalue weighted by atomic mass is 32.1. The van der Waals surface area contributed by atoms with Gasteiger partial charge in [-0.25, -0.2) is 4.79 Å². The van der Waals surface area contributed by atoms with E-state index in [4.69, 9.17) is 9.57 Å². The minimum Gasteiger partial charge on any atom is -0.379 e. The highest BCUT2D eigenvalue weighted by molar-refractivity contribution is 7.80. The second-order valence-electron chi connectivity index (χ2n) is 12.1. The van der Waals surface area contributed by atoms with E-state index in [9.17, 15) is 14.4 Å². The van der Waals surface area contributed by atoms with Crippen LogP contribution in [0, 0.1) is 0 Å². The summed E-state index contributed by atoms with van der Waals surface area (Å²) in [7, 11) is 0. The zero-order valence-electron chi connectivity index (χ0n) is 27.1. The average Bonchev–Trinajstić information content (AvgIpc) is 3.38. The molecule has 2 aromatic carbocycles. The molecule has 0 amide bonds. The van der Waals surface area contributed by atoms with E-state index in [0.29, 0.717) is 68.3 Å². The van der Waals surface area contributed by atoms with Gasteiger partial charge in [0.1, 0.15) is 5.71 Å². The fourth-order valence-electron chi connectivity index (χ4n) is 6.13. The Morgan fingerprint density at radius 1 is 0.933 bits per heavy atom. The molecule has 8 nitrogen and oxygen atoms in total. The molecule has 1 aliphatic rings. The third kappa shape index (κ3) is 8.02. The molecule has 0 radical (unpaired) electrons. The number of hydrogen-bond donors (Lipinski definition) is 2. The molecule has 2 heterocycles. The van der Waals surface area contributed by atoms with Crippen molar-refractivity contribution in [2.45, 2.75) is 90.5 Å². The maximum atomic E-state index is 14.0. The van der Waals surface area contributed by atoms with E-state index < -0.39 is 11.5 Å².